The second kappa shape index (κ2) is 6.94. The van der Waals surface area contributed by atoms with Crippen LogP contribution in [0.3, 0.4) is 0 Å². The van der Waals surface area contributed by atoms with E-state index < -0.39 is 53.6 Å². The highest BCUT2D eigenvalue weighted by Gasteiger charge is 2.72. The number of rotatable bonds is 5. The number of amides is 2. The Bertz CT molecular complexity index is 939. The number of imide groups is 1. The van der Waals surface area contributed by atoms with Crippen molar-refractivity contribution in [2.45, 2.75) is 31.8 Å². The number of carbonyl (C=O) groups excluding carboxylic acids is 4. The van der Waals surface area contributed by atoms with E-state index >= 15 is 0 Å². The highest BCUT2D eigenvalue weighted by atomic mass is 16.7. The second-order valence-corrected chi connectivity index (χ2v) is 7.77. The van der Waals surface area contributed by atoms with Crippen LogP contribution in [0.5, 0.6) is 0 Å². The lowest BCUT2D eigenvalue weighted by Crippen LogP contribution is -2.52. The van der Waals surface area contributed by atoms with Gasteiger partial charge in [-0.05, 0) is 30.3 Å². The van der Waals surface area contributed by atoms with Crippen LogP contribution in [-0.2, 0) is 33.4 Å². The van der Waals surface area contributed by atoms with E-state index in [1.807, 2.05) is 31.1 Å². The first-order chi connectivity index (χ1) is 14.2. The molecule has 3 aliphatic heterocycles. The first kappa shape index (κ1) is 20.1. The number of benzene rings is 1. The van der Waals surface area contributed by atoms with E-state index in [0.29, 0.717) is 5.69 Å². The van der Waals surface area contributed by atoms with Gasteiger partial charge in [0.05, 0.1) is 23.6 Å². The van der Waals surface area contributed by atoms with Gasteiger partial charge in [-0.1, -0.05) is 6.08 Å². The van der Waals surface area contributed by atoms with E-state index in [9.17, 15) is 19.2 Å². The Kier molecular flexibility index (Phi) is 4.65. The average molecular weight is 414 g/mol. The van der Waals surface area contributed by atoms with Crippen LogP contribution in [0, 0.1) is 11.8 Å². The van der Waals surface area contributed by atoms with Crippen LogP contribution in [0.1, 0.15) is 13.8 Å². The number of nitrogens with zero attached hydrogens (tertiary/aromatic N) is 2. The van der Waals surface area contributed by atoms with Gasteiger partial charge in [0.2, 0.25) is 11.8 Å². The Balaban J connectivity index is 1.71. The van der Waals surface area contributed by atoms with E-state index in [0.717, 1.165) is 24.4 Å². The third-order valence-corrected chi connectivity index (χ3v) is 5.62. The smallest absolute Gasteiger partial charge is 0.305 e. The van der Waals surface area contributed by atoms with E-state index in [-0.39, 0.29) is 0 Å². The van der Waals surface area contributed by atoms with E-state index in [2.05, 4.69) is 0 Å². The molecule has 3 aliphatic rings. The fourth-order valence-electron chi connectivity index (χ4n) is 4.37. The van der Waals surface area contributed by atoms with Gasteiger partial charge in [-0.3, -0.25) is 19.2 Å². The molecular weight excluding hydrogens is 392 g/mol. The molecule has 1 aromatic rings. The molecule has 4 rings (SSSR count). The number of fused-ring (bicyclic) bond motifs is 5. The summed E-state index contributed by atoms with van der Waals surface area (Å²) in [5, 5.41) is 0. The molecule has 30 heavy (non-hydrogen) atoms. The molecule has 0 aromatic heterocycles. The van der Waals surface area contributed by atoms with Crippen molar-refractivity contribution in [2.75, 3.05) is 23.9 Å². The summed E-state index contributed by atoms with van der Waals surface area (Å²) in [6, 6.07) is 7.02. The van der Waals surface area contributed by atoms with Gasteiger partial charge in [-0.15, -0.1) is 0 Å². The van der Waals surface area contributed by atoms with Gasteiger partial charge in [0.25, 0.3) is 6.29 Å². The topological polar surface area (TPSA) is 102 Å². The Morgan fingerprint density at radius 1 is 1.07 bits per heavy atom. The number of hydrogen-bond acceptors (Lipinski definition) is 8. The Morgan fingerprint density at radius 3 is 2.20 bits per heavy atom. The molecule has 2 fully saturated rings. The van der Waals surface area contributed by atoms with Crippen LogP contribution >= 0.6 is 0 Å². The second-order valence-electron chi connectivity index (χ2n) is 7.77. The molecule has 0 spiro atoms. The van der Waals surface area contributed by atoms with Crippen LogP contribution in [0.25, 0.3) is 0 Å². The predicted molar refractivity (Wildman–Crippen MR) is 104 cm³/mol. The number of ether oxygens (including phenoxy) is 3. The zero-order chi connectivity index (χ0) is 21.8. The third-order valence-electron chi connectivity index (χ3n) is 5.62. The molecular formula is C21H22N2O7. The number of esters is 2. The van der Waals surface area contributed by atoms with Gasteiger partial charge in [-0.2, -0.15) is 0 Å². The van der Waals surface area contributed by atoms with Gasteiger partial charge in [0.15, 0.2) is 5.60 Å². The van der Waals surface area contributed by atoms with E-state index in [1.165, 1.54) is 0 Å². The van der Waals surface area contributed by atoms with E-state index in [1.54, 1.807) is 24.3 Å². The lowest BCUT2D eigenvalue weighted by atomic mass is 9.76. The molecule has 2 bridgehead atoms. The molecule has 9 nitrogen and oxygen atoms in total. The molecule has 0 saturated carbocycles. The van der Waals surface area contributed by atoms with Crippen molar-refractivity contribution in [3.8, 4) is 0 Å². The van der Waals surface area contributed by atoms with Crippen molar-refractivity contribution in [3.63, 3.8) is 0 Å². The molecule has 0 aliphatic carbocycles. The van der Waals surface area contributed by atoms with Crippen molar-refractivity contribution in [3.05, 3.63) is 36.4 Å². The van der Waals surface area contributed by atoms with Crippen molar-refractivity contribution in [1.82, 2.24) is 0 Å². The minimum atomic E-state index is -1.54. The Hall–Kier alpha value is -3.20. The Morgan fingerprint density at radius 2 is 1.67 bits per heavy atom. The molecule has 0 radical (unpaired) electrons. The molecule has 9 heteroatoms. The summed E-state index contributed by atoms with van der Waals surface area (Å²) in [4.78, 5) is 52.8. The molecule has 4 atom stereocenters. The molecule has 0 unspecified atom stereocenters. The van der Waals surface area contributed by atoms with Gasteiger partial charge in [0.1, 0.15) is 0 Å². The normalized spacial score (nSPS) is 28.8. The van der Waals surface area contributed by atoms with Crippen LogP contribution in [0.15, 0.2) is 36.4 Å². The number of hydrogen-bond donors (Lipinski definition) is 0. The van der Waals surface area contributed by atoms with Crippen LogP contribution in [0.4, 0.5) is 11.4 Å². The van der Waals surface area contributed by atoms with Crippen molar-refractivity contribution in [1.29, 1.82) is 0 Å². The number of anilines is 2. The van der Waals surface area contributed by atoms with Crippen LogP contribution in [-0.4, -0.2) is 55.8 Å². The molecule has 0 N–H and O–H groups in total. The first-order valence-electron chi connectivity index (χ1n) is 9.52. The van der Waals surface area contributed by atoms with Gasteiger partial charge in [0, 0.05) is 33.6 Å². The Labute approximate surface area is 173 Å². The SMILES string of the molecule is CC(=O)OC(OC(C)=O)[C@@]12C=C[C@@H](O1)[C@H]1C(=O)N(c3ccc(N(C)C)cc3)C(=O)[C@@H]12. The van der Waals surface area contributed by atoms with Gasteiger partial charge < -0.3 is 19.1 Å². The summed E-state index contributed by atoms with van der Waals surface area (Å²) in [5.74, 6) is -4.05. The highest BCUT2D eigenvalue weighted by Crippen LogP contribution is 2.54. The summed E-state index contributed by atoms with van der Waals surface area (Å²) >= 11 is 0. The number of carbonyl (C=O) groups is 4. The average Bonchev–Trinajstić information content (AvgIpc) is 3.32. The maximum atomic E-state index is 13.4. The van der Waals surface area contributed by atoms with Crippen molar-refractivity contribution in [2.24, 2.45) is 11.8 Å². The molecule has 2 amide bonds. The lowest BCUT2D eigenvalue weighted by Gasteiger charge is -2.34. The van der Waals surface area contributed by atoms with Crippen LogP contribution < -0.4 is 9.80 Å². The summed E-state index contributed by atoms with van der Waals surface area (Å²) in [7, 11) is 3.78. The van der Waals surface area contributed by atoms with Gasteiger partial charge in [-0.25, -0.2) is 4.90 Å². The minimum absolute atomic E-state index is 0.400. The zero-order valence-corrected chi connectivity index (χ0v) is 17.0. The third kappa shape index (κ3) is 2.88. The lowest BCUT2D eigenvalue weighted by molar-refractivity contribution is -0.226. The summed E-state index contributed by atoms with van der Waals surface area (Å²) < 4.78 is 16.3. The fourth-order valence-corrected chi connectivity index (χ4v) is 4.37. The predicted octanol–water partition coefficient (Wildman–Crippen LogP) is 1.02. The maximum absolute atomic E-state index is 13.4. The molecule has 2 saturated heterocycles. The molecule has 1 aromatic carbocycles. The standard InChI is InChI=1S/C21H22N2O7/c1-11(24)28-20(29-12(2)25)21-10-9-15(30-21)16-17(21)19(27)23(18(16)26)14-7-5-13(6-8-14)22(3)4/h5-10,15-17,20H,1-4H3/t15-,16-,17-,21+/m1/s1. The minimum Gasteiger partial charge on any atom is -0.422 e. The van der Waals surface area contributed by atoms with Gasteiger partial charge >= 0.3 is 11.9 Å². The summed E-state index contributed by atoms with van der Waals surface area (Å²) in [6.45, 7) is 2.33. The largest absolute Gasteiger partial charge is 0.422 e. The molecule has 158 valence electrons. The first-order valence-corrected chi connectivity index (χ1v) is 9.52. The highest BCUT2D eigenvalue weighted by molar-refractivity contribution is 6.23. The zero-order valence-electron chi connectivity index (χ0n) is 17.0. The van der Waals surface area contributed by atoms with Crippen LogP contribution in [0.2, 0.25) is 0 Å². The maximum Gasteiger partial charge on any atom is 0.305 e. The fraction of sp³-hybridized carbons (Fsp3) is 0.429. The van der Waals surface area contributed by atoms with E-state index in [4.69, 9.17) is 14.2 Å². The van der Waals surface area contributed by atoms with Crippen molar-refractivity contribution < 1.29 is 33.4 Å². The summed E-state index contributed by atoms with van der Waals surface area (Å²) in [5.41, 5.74) is -0.182. The quantitative estimate of drug-likeness (QED) is 0.305. The monoisotopic (exact) mass is 414 g/mol. The summed E-state index contributed by atoms with van der Waals surface area (Å²) in [6.07, 6.45) is 1.05. The van der Waals surface area contributed by atoms with Crippen molar-refractivity contribution >= 4 is 35.1 Å². The molecule has 3 heterocycles.